The molecule has 0 unspecified atom stereocenters. The number of likely N-dealkylation sites (tertiary alicyclic amines) is 1. The number of benzene rings is 1. The summed E-state index contributed by atoms with van der Waals surface area (Å²) in [4.78, 5) is 30.2. The monoisotopic (exact) mass is 388 g/mol. The van der Waals surface area contributed by atoms with E-state index in [9.17, 15) is 18.4 Å². The highest BCUT2D eigenvalue weighted by atomic mass is 19.1. The largest absolute Gasteiger partial charge is 0.346 e. The van der Waals surface area contributed by atoms with E-state index in [1.165, 1.54) is 29.3 Å². The molecule has 1 aromatic heterocycles. The highest BCUT2D eigenvalue weighted by molar-refractivity contribution is 5.89. The average molecular weight is 388 g/mol. The van der Waals surface area contributed by atoms with Gasteiger partial charge in [0.2, 0.25) is 11.8 Å². The summed E-state index contributed by atoms with van der Waals surface area (Å²) in [6.07, 6.45) is 2.71. The number of hydrogen-bond donors (Lipinski definition) is 2. The Bertz CT molecular complexity index is 853. The van der Waals surface area contributed by atoms with E-state index >= 15 is 0 Å². The Hall–Kier alpha value is -2.87. The second-order valence-corrected chi connectivity index (χ2v) is 6.75. The smallest absolute Gasteiger partial charge is 0.243 e. The summed E-state index contributed by atoms with van der Waals surface area (Å²) in [7, 11) is 0. The van der Waals surface area contributed by atoms with Gasteiger partial charge in [0.05, 0.1) is 23.8 Å². The number of rotatable bonds is 5. The molecule has 0 bridgehead atoms. The molecule has 0 spiro atoms. The minimum atomic E-state index is -0.665. The van der Waals surface area contributed by atoms with E-state index in [4.69, 9.17) is 5.73 Å². The molecule has 1 aromatic carbocycles. The number of nitrogens with zero attached hydrogens (tertiary/aromatic N) is 2. The molecule has 8 heteroatoms. The zero-order chi connectivity index (χ0) is 20.3. The summed E-state index contributed by atoms with van der Waals surface area (Å²) in [6, 6.07) is 5.88. The number of amides is 2. The first kappa shape index (κ1) is 19.9. The molecule has 0 aliphatic carbocycles. The minimum absolute atomic E-state index is 0.130. The number of hydrogen-bond acceptors (Lipinski definition) is 4. The molecule has 1 fully saturated rings. The fourth-order valence-corrected chi connectivity index (χ4v) is 3.42. The quantitative estimate of drug-likeness (QED) is 0.822. The van der Waals surface area contributed by atoms with Crippen molar-refractivity contribution in [2.24, 2.45) is 5.73 Å². The van der Waals surface area contributed by atoms with Crippen LogP contribution < -0.4 is 11.1 Å². The van der Waals surface area contributed by atoms with Crippen LogP contribution in [0, 0.1) is 11.6 Å². The van der Waals surface area contributed by atoms with Gasteiger partial charge in [-0.25, -0.2) is 8.78 Å². The summed E-state index contributed by atoms with van der Waals surface area (Å²) in [5.74, 6) is -1.85. The van der Waals surface area contributed by atoms with Gasteiger partial charge in [-0.15, -0.1) is 0 Å². The summed E-state index contributed by atoms with van der Waals surface area (Å²) in [6.45, 7) is 2.15. The lowest BCUT2D eigenvalue weighted by molar-refractivity contribution is -0.137. The van der Waals surface area contributed by atoms with Crippen molar-refractivity contribution in [3.05, 3.63) is 53.9 Å². The summed E-state index contributed by atoms with van der Waals surface area (Å²) in [5.41, 5.74) is 6.12. The topological polar surface area (TPSA) is 88.3 Å². The van der Waals surface area contributed by atoms with Crippen LogP contribution in [0.3, 0.4) is 0 Å². The number of nitrogens with one attached hydrogen (secondary N) is 1. The molecule has 3 N–H and O–H groups in total. The predicted octanol–water partition coefficient (Wildman–Crippen LogP) is 2.15. The van der Waals surface area contributed by atoms with Gasteiger partial charge < -0.3 is 16.0 Å². The van der Waals surface area contributed by atoms with Crippen molar-refractivity contribution in [3.8, 4) is 11.1 Å². The molecule has 1 aliphatic heterocycles. The van der Waals surface area contributed by atoms with Crippen molar-refractivity contribution in [1.82, 2.24) is 15.2 Å². The van der Waals surface area contributed by atoms with E-state index in [-0.39, 0.29) is 23.9 Å². The van der Waals surface area contributed by atoms with Gasteiger partial charge >= 0.3 is 0 Å². The molecule has 2 atom stereocenters. The molecule has 0 saturated carbocycles. The van der Waals surface area contributed by atoms with Crippen molar-refractivity contribution < 1.29 is 18.4 Å². The first-order valence-corrected chi connectivity index (χ1v) is 9.12. The lowest BCUT2D eigenvalue weighted by Crippen LogP contribution is -2.48. The summed E-state index contributed by atoms with van der Waals surface area (Å²) >= 11 is 0. The number of carbonyl (C=O) groups excluding carboxylic acids is 2. The minimum Gasteiger partial charge on any atom is -0.346 e. The molecular formula is C20H22F2N4O2. The van der Waals surface area contributed by atoms with Gasteiger partial charge in [0.15, 0.2) is 0 Å². The van der Waals surface area contributed by atoms with Crippen molar-refractivity contribution in [2.75, 3.05) is 13.1 Å². The van der Waals surface area contributed by atoms with Crippen LogP contribution >= 0.6 is 0 Å². The van der Waals surface area contributed by atoms with E-state index in [2.05, 4.69) is 10.3 Å². The van der Waals surface area contributed by atoms with Crippen LogP contribution in [0.25, 0.3) is 11.1 Å². The Morgan fingerprint density at radius 1 is 1.29 bits per heavy atom. The maximum absolute atomic E-state index is 13.9. The van der Waals surface area contributed by atoms with Crippen LogP contribution in [-0.2, 0) is 9.59 Å². The third-order valence-corrected chi connectivity index (χ3v) is 4.89. The number of halogens is 2. The first-order chi connectivity index (χ1) is 13.4. The van der Waals surface area contributed by atoms with Gasteiger partial charge in [-0.2, -0.15) is 0 Å². The Labute approximate surface area is 161 Å². The van der Waals surface area contributed by atoms with Gasteiger partial charge in [-0.05, 0) is 38.0 Å². The Balaban J connectivity index is 1.70. The average Bonchev–Trinajstić information content (AvgIpc) is 3.17. The Morgan fingerprint density at radius 2 is 2.00 bits per heavy atom. The van der Waals surface area contributed by atoms with Gasteiger partial charge in [0.1, 0.15) is 17.7 Å². The fourth-order valence-electron chi connectivity index (χ4n) is 3.42. The van der Waals surface area contributed by atoms with Gasteiger partial charge in [-0.1, -0.05) is 12.1 Å². The molecule has 148 valence electrons. The lowest BCUT2D eigenvalue weighted by atomic mass is 10.1. The third-order valence-electron chi connectivity index (χ3n) is 4.89. The fraction of sp³-hybridized carbons (Fsp3) is 0.350. The van der Waals surface area contributed by atoms with E-state index in [1.807, 2.05) is 0 Å². The van der Waals surface area contributed by atoms with Crippen LogP contribution in [0.1, 0.15) is 31.5 Å². The summed E-state index contributed by atoms with van der Waals surface area (Å²) < 4.78 is 27.8. The maximum Gasteiger partial charge on any atom is 0.243 e. The van der Waals surface area contributed by atoms with Crippen LogP contribution in [0.2, 0.25) is 0 Å². The van der Waals surface area contributed by atoms with E-state index in [0.717, 1.165) is 6.42 Å². The van der Waals surface area contributed by atoms with Crippen molar-refractivity contribution in [3.63, 3.8) is 0 Å². The van der Waals surface area contributed by atoms with Crippen LogP contribution in [0.4, 0.5) is 8.78 Å². The maximum atomic E-state index is 13.9. The number of carbonyl (C=O) groups is 2. The molecule has 2 heterocycles. The van der Waals surface area contributed by atoms with Crippen molar-refractivity contribution in [2.45, 2.75) is 31.8 Å². The zero-order valence-corrected chi connectivity index (χ0v) is 15.5. The second-order valence-electron chi connectivity index (χ2n) is 6.75. The van der Waals surface area contributed by atoms with Gasteiger partial charge in [0, 0.05) is 18.3 Å². The van der Waals surface area contributed by atoms with E-state index in [0.29, 0.717) is 24.2 Å². The molecule has 28 heavy (non-hydrogen) atoms. The summed E-state index contributed by atoms with van der Waals surface area (Å²) in [5, 5.41) is 2.84. The van der Waals surface area contributed by atoms with E-state index in [1.54, 1.807) is 19.1 Å². The molecule has 2 amide bonds. The first-order valence-electron chi connectivity index (χ1n) is 9.12. The lowest BCUT2D eigenvalue weighted by Gasteiger charge is -2.25. The molecule has 6 nitrogen and oxygen atoms in total. The Morgan fingerprint density at radius 3 is 2.61 bits per heavy atom. The molecule has 0 radical (unpaired) electrons. The van der Waals surface area contributed by atoms with Gasteiger partial charge in [-0.3, -0.25) is 14.6 Å². The van der Waals surface area contributed by atoms with Crippen molar-refractivity contribution >= 4 is 11.8 Å². The number of pyridine rings is 1. The predicted molar refractivity (Wildman–Crippen MR) is 99.9 cm³/mol. The van der Waals surface area contributed by atoms with Crippen LogP contribution in [0.15, 0.2) is 36.5 Å². The van der Waals surface area contributed by atoms with Gasteiger partial charge in [0.25, 0.3) is 0 Å². The second kappa shape index (κ2) is 8.43. The third kappa shape index (κ3) is 4.01. The van der Waals surface area contributed by atoms with Crippen LogP contribution in [0.5, 0.6) is 0 Å². The Kier molecular flexibility index (Phi) is 5.99. The highest BCUT2D eigenvalue weighted by Crippen LogP contribution is 2.26. The van der Waals surface area contributed by atoms with Crippen molar-refractivity contribution in [1.29, 1.82) is 0 Å². The molecule has 1 aliphatic rings. The van der Waals surface area contributed by atoms with Crippen LogP contribution in [-0.4, -0.2) is 40.8 Å². The number of nitrogens with two attached hydrogens (primary N) is 1. The molecular weight excluding hydrogens is 366 g/mol. The normalized spacial score (nSPS) is 17.4. The highest BCUT2D eigenvalue weighted by Gasteiger charge is 2.34. The zero-order valence-electron chi connectivity index (χ0n) is 15.5. The van der Waals surface area contributed by atoms with E-state index < -0.39 is 23.7 Å². The number of aromatic nitrogens is 1. The molecule has 1 saturated heterocycles. The SMILES string of the molecule is C[C@H](NC(=O)[C@@H]1CCCN1C(=O)CN)c1ccc(-c2c(F)cccc2F)cn1. The standard InChI is InChI=1S/C20H22F2N4O2/c1-12(25-20(28)17-6-3-9-26(17)18(27)10-23)16-8-7-13(11-24-16)19-14(21)4-2-5-15(19)22/h2,4-5,7-8,11-12,17H,3,6,9-10,23H2,1H3,(H,25,28)/t12-,17-/m0/s1. The molecule has 2 aromatic rings. The molecule has 3 rings (SSSR count).